The molecule has 0 aliphatic heterocycles. The molecule has 0 spiro atoms. The number of carbonyl (C=O) groups is 1. The molecule has 0 rings (SSSR count). The molecule has 4 nitrogen and oxygen atoms in total. The maximum Gasteiger partial charge on any atom is 0.207 e. The quantitative estimate of drug-likeness (QED) is 0.377. The smallest absolute Gasteiger partial charge is 0.207 e. The Morgan fingerprint density at radius 3 is 3.00 bits per heavy atom. The number of ether oxygens (including phenoxy) is 1. The van der Waals surface area contributed by atoms with Crippen LogP contribution in [0.25, 0.3) is 0 Å². The van der Waals surface area contributed by atoms with Crippen molar-refractivity contribution >= 4 is 6.41 Å². The summed E-state index contributed by atoms with van der Waals surface area (Å²) in [5.41, 5.74) is 0. The number of aliphatic hydroxyl groups excluding tert-OH is 1. The first-order valence-electron chi connectivity index (χ1n) is 2.78. The molecular weight excluding hydrogens is 122 g/mol. The summed E-state index contributed by atoms with van der Waals surface area (Å²) in [7, 11) is 0. The van der Waals surface area contributed by atoms with E-state index in [1.54, 1.807) is 6.92 Å². The lowest BCUT2D eigenvalue weighted by atomic mass is 10.6. The van der Waals surface area contributed by atoms with Crippen LogP contribution in [0.4, 0.5) is 0 Å². The van der Waals surface area contributed by atoms with E-state index in [1.165, 1.54) is 0 Å². The van der Waals surface area contributed by atoms with Gasteiger partial charge in [0.25, 0.3) is 0 Å². The molecule has 0 radical (unpaired) electrons. The maximum absolute atomic E-state index is 9.64. The summed E-state index contributed by atoms with van der Waals surface area (Å²) in [5, 5.41) is 11.0. The van der Waals surface area contributed by atoms with Crippen LogP contribution in [0.1, 0.15) is 6.92 Å². The number of hydrogen-bond acceptors (Lipinski definition) is 3. The number of carbonyl (C=O) groups excluding carboxylic acids is 1. The molecule has 9 heavy (non-hydrogen) atoms. The third-order valence-electron chi connectivity index (χ3n) is 0.735. The molecule has 0 aliphatic carbocycles. The van der Waals surface area contributed by atoms with Gasteiger partial charge in [-0.3, -0.25) is 4.79 Å². The number of nitrogens with one attached hydrogen (secondary N) is 1. The van der Waals surface area contributed by atoms with Crippen molar-refractivity contribution in [2.24, 2.45) is 0 Å². The minimum Gasteiger partial charge on any atom is -0.366 e. The van der Waals surface area contributed by atoms with Crippen LogP contribution in [0.3, 0.4) is 0 Å². The van der Waals surface area contributed by atoms with Crippen molar-refractivity contribution in [1.82, 2.24) is 5.32 Å². The lowest BCUT2D eigenvalue weighted by molar-refractivity contribution is -0.116. The fraction of sp³-hybridized carbons (Fsp3) is 0.800. The van der Waals surface area contributed by atoms with Gasteiger partial charge in [0.2, 0.25) is 6.41 Å². The zero-order valence-corrected chi connectivity index (χ0v) is 5.33. The first kappa shape index (κ1) is 8.39. The molecule has 54 valence electrons. The highest BCUT2D eigenvalue weighted by Crippen LogP contribution is 1.81. The summed E-state index contributed by atoms with van der Waals surface area (Å²) >= 11 is 0. The van der Waals surface area contributed by atoms with Crippen molar-refractivity contribution < 1.29 is 14.6 Å². The van der Waals surface area contributed by atoms with Gasteiger partial charge in [0.05, 0.1) is 6.54 Å². The van der Waals surface area contributed by atoms with Crippen LogP contribution in [0.2, 0.25) is 0 Å². The van der Waals surface area contributed by atoms with Gasteiger partial charge >= 0.3 is 0 Å². The molecule has 0 saturated carbocycles. The van der Waals surface area contributed by atoms with Crippen molar-refractivity contribution in [3.63, 3.8) is 0 Å². The summed E-state index contributed by atoms with van der Waals surface area (Å²) in [6.07, 6.45) is -0.359. The number of aliphatic hydroxyl groups is 1. The first-order chi connectivity index (χ1) is 4.31. The van der Waals surface area contributed by atoms with Crippen LogP contribution < -0.4 is 5.32 Å². The monoisotopic (exact) mass is 133 g/mol. The van der Waals surface area contributed by atoms with E-state index in [0.717, 1.165) is 0 Å². The normalized spacial score (nSPS) is 12.7. The average Bonchev–Trinajstić information content (AvgIpc) is 1.85. The predicted molar refractivity (Wildman–Crippen MR) is 31.7 cm³/mol. The van der Waals surface area contributed by atoms with Crippen LogP contribution in [0, 0.1) is 0 Å². The lowest BCUT2D eigenvalue weighted by Gasteiger charge is -2.07. The van der Waals surface area contributed by atoms with E-state index in [0.29, 0.717) is 13.0 Å². The zero-order valence-electron chi connectivity index (χ0n) is 5.33. The number of rotatable bonds is 5. The molecule has 1 unspecified atom stereocenters. The highest BCUT2D eigenvalue weighted by molar-refractivity contribution is 5.45. The summed E-state index contributed by atoms with van der Waals surface area (Å²) in [5.74, 6) is 0. The summed E-state index contributed by atoms with van der Waals surface area (Å²) in [6, 6.07) is 0. The highest BCUT2D eigenvalue weighted by Gasteiger charge is 1.98. The molecule has 0 aromatic heterocycles. The van der Waals surface area contributed by atoms with Gasteiger partial charge in [-0.05, 0) is 6.92 Å². The standard InChI is InChI=1S/C5H11NO3/c1-2-9-5(8)3-6-4-7/h4-5,8H,2-3H2,1H3,(H,6,7). The highest BCUT2D eigenvalue weighted by atomic mass is 16.6. The maximum atomic E-state index is 9.64. The van der Waals surface area contributed by atoms with E-state index in [-0.39, 0.29) is 6.54 Å². The molecule has 0 aromatic carbocycles. The van der Waals surface area contributed by atoms with Crippen LogP contribution in [-0.4, -0.2) is 31.0 Å². The molecule has 0 fully saturated rings. The largest absolute Gasteiger partial charge is 0.366 e. The summed E-state index contributed by atoms with van der Waals surface area (Å²) in [4.78, 5) is 9.64. The Balaban J connectivity index is 3.04. The minimum atomic E-state index is -0.875. The first-order valence-corrected chi connectivity index (χ1v) is 2.78. The molecule has 0 aromatic rings. The van der Waals surface area contributed by atoms with Crippen LogP contribution >= 0.6 is 0 Å². The second-order valence-corrected chi connectivity index (χ2v) is 1.44. The molecular formula is C5H11NO3. The van der Waals surface area contributed by atoms with Gasteiger partial charge in [-0.15, -0.1) is 0 Å². The fourth-order valence-electron chi connectivity index (χ4n) is 0.400. The fourth-order valence-corrected chi connectivity index (χ4v) is 0.400. The average molecular weight is 133 g/mol. The molecule has 0 saturated heterocycles. The molecule has 0 aliphatic rings. The molecule has 1 atom stereocenters. The van der Waals surface area contributed by atoms with Gasteiger partial charge in [0.1, 0.15) is 0 Å². The Morgan fingerprint density at radius 1 is 1.89 bits per heavy atom. The van der Waals surface area contributed by atoms with Crippen LogP contribution in [0.5, 0.6) is 0 Å². The second-order valence-electron chi connectivity index (χ2n) is 1.44. The topological polar surface area (TPSA) is 58.6 Å². The molecule has 0 heterocycles. The van der Waals surface area contributed by atoms with Gasteiger partial charge in [-0.1, -0.05) is 0 Å². The zero-order chi connectivity index (χ0) is 7.11. The van der Waals surface area contributed by atoms with Crippen LogP contribution in [0.15, 0.2) is 0 Å². The van der Waals surface area contributed by atoms with Crippen molar-refractivity contribution in [3.8, 4) is 0 Å². The third-order valence-corrected chi connectivity index (χ3v) is 0.735. The second kappa shape index (κ2) is 5.53. The van der Waals surface area contributed by atoms with E-state index in [9.17, 15) is 4.79 Å². The Morgan fingerprint density at radius 2 is 2.56 bits per heavy atom. The van der Waals surface area contributed by atoms with Crippen molar-refractivity contribution in [2.75, 3.05) is 13.2 Å². The summed E-state index contributed by atoms with van der Waals surface area (Å²) < 4.78 is 4.68. The molecule has 0 bridgehead atoms. The van der Waals surface area contributed by atoms with Crippen molar-refractivity contribution in [2.45, 2.75) is 13.2 Å². The SMILES string of the molecule is CCOC(O)CNC=O. The minimum absolute atomic E-state index is 0.150. The summed E-state index contributed by atoms with van der Waals surface area (Å²) in [6.45, 7) is 2.36. The van der Waals surface area contributed by atoms with Crippen molar-refractivity contribution in [3.05, 3.63) is 0 Å². The Kier molecular flexibility index (Phi) is 5.15. The Labute approximate surface area is 53.8 Å². The molecule has 4 heteroatoms. The Hall–Kier alpha value is -0.610. The molecule has 1 amide bonds. The van der Waals surface area contributed by atoms with Gasteiger partial charge in [-0.25, -0.2) is 0 Å². The van der Waals surface area contributed by atoms with Gasteiger partial charge < -0.3 is 15.2 Å². The van der Waals surface area contributed by atoms with Gasteiger partial charge in [-0.2, -0.15) is 0 Å². The van der Waals surface area contributed by atoms with E-state index in [1.807, 2.05) is 0 Å². The van der Waals surface area contributed by atoms with Gasteiger partial charge in [0, 0.05) is 6.61 Å². The van der Waals surface area contributed by atoms with Gasteiger partial charge in [0.15, 0.2) is 6.29 Å². The third kappa shape index (κ3) is 5.26. The number of amides is 1. The van der Waals surface area contributed by atoms with E-state index >= 15 is 0 Å². The predicted octanol–water partition coefficient (Wildman–Crippen LogP) is -0.913. The van der Waals surface area contributed by atoms with Crippen molar-refractivity contribution in [1.29, 1.82) is 0 Å². The lowest BCUT2D eigenvalue weighted by Crippen LogP contribution is -2.27. The Bertz CT molecular complexity index is 76.6. The van der Waals surface area contributed by atoms with E-state index in [2.05, 4.69) is 10.1 Å². The van der Waals surface area contributed by atoms with E-state index in [4.69, 9.17) is 5.11 Å². The van der Waals surface area contributed by atoms with Crippen LogP contribution in [-0.2, 0) is 9.53 Å². The number of hydrogen-bond donors (Lipinski definition) is 2. The van der Waals surface area contributed by atoms with E-state index < -0.39 is 6.29 Å². The molecule has 2 N–H and O–H groups in total.